The van der Waals surface area contributed by atoms with Crippen molar-refractivity contribution in [2.75, 3.05) is 32.2 Å². The van der Waals surface area contributed by atoms with E-state index in [0.717, 1.165) is 48.6 Å². The predicted octanol–water partition coefficient (Wildman–Crippen LogP) is 3.26. The third kappa shape index (κ3) is 3.78. The first kappa shape index (κ1) is 17.9. The van der Waals surface area contributed by atoms with Crippen molar-refractivity contribution < 1.29 is 14.3 Å². The van der Waals surface area contributed by atoms with Gasteiger partial charge in [-0.1, -0.05) is 18.2 Å². The number of carbonyl (C=O) groups is 1. The van der Waals surface area contributed by atoms with Crippen LogP contribution in [0.2, 0.25) is 0 Å². The number of hydrogen-bond donors (Lipinski definition) is 0. The van der Waals surface area contributed by atoms with Crippen LogP contribution >= 0.6 is 0 Å². The molecule has 0 bridgehead atoms. The summed E-state index contributed by atoms with van der Waals surface area (Å²) in [4.78, 5) is 17.3. The van der Waals surface area contributed by atoms with Crippen LogP contribution in [0.3, 0.4) is 0 Å². The zero-order valence-corrected chi connectivity index (χ0v) is 16.0. The molecular formula is C22H26N2O3. The van der Waals surface area contributed by atoms with E-state index in [1.54, 1.807) is 14.2 Å². The van der Waals surface area contributed by atoms with Gasteiger partial charge in [0, 0.05) is 30.4 Å². The van der Waals surface area contributed by atoms with Crippen LogP contribution in [0.15, 0.2) is 42.5 Å². The summed E-state index contributed by atoms with van der Waals surface area (Å²) < 4.78 is 10.9. The number of para-hydroxylation sites is 1. The van der Waals surface area contributed by atoms with Gasteiger partial charge in [-0.3, -0.25) is 9.69 Å². The molecule has 0 N–H and O–H groups in total. The average Bonchev–Trinajstić information content (AvgIpc) is 3.46. The Kier molecular flexibility index (Phi) is 5.03. The first-order valence-electron chi connectivity index (χ1n) is 9.53. The van der Waals surface area contributed by atoms with Crippen molar-refractivity contribution in [2.24, 2.45) is 0 Å². The molecule has 5 heteroatoms. The summed E-state index contributed by atoms with van der Waals surface area (Å²) in [5.74, 6) is 1.82. The minimum Gasteiger partial charge on any atom is -0.497 e. The van der Waals surface area contributed by atoms with Gasteiger partial charge in [0.05, 0.1) is 20.8 Å². The second-order valence-electron chi connectivity index (χ2n) is 7.24. The van der Waals surface area contributed by atoms with Gasteiger partial charge < -0.3 is 14.4 Å². The normalized spacial score (nSPS) is 15.7. The number of anilines is 1. The molecular weight excluding hydrogens is 340 g/mol. The molecule has 0 atom stereocenters. The third-order valence-electron chi connectivity index (χ3n) is 5.45. The molecule has 1 amide bonds. The Morgan fingerprint density at radius 3 is 2.70 bits per heavy atom. The number of benzene rings is 2. The van der Waals surface area contributed by atoms with E-state index < -0.39 is 0 Å². The summed E-state index contributed by atoms with van der Waals surface area (Å²) in [5, 5.41) is 0. The molecule has 0 spiro atoms. The summed E-state index contributed by atoms with van der Waals surface area (Å²) in [5.41, 5.74) is 3.38. The highest BCUT2D eigenvalue weighted by Crippen LogP contribution is 2.33. The Hall–Kier alpha value is -2.53. The molecule has 0 aromatic heterocycles. The van der Waals surface area contributed by atoms with Gasteiger partial charge in [-0.2, -0.15) is 0 Å². The number of methoxy groups -OCH3 is 2. The summed E-state index contributed by atoms with van der Waals surface area (Å²) in [7, 11) is 3.34. The van der Waals surface area contributed by atoms with E-state index >= 15 is 0 Å². The summed E-state index contributed by atoms with van der Waals surface area (Å²) in [6.07, 6.45) is 3.24. The number of amides is 1. The molecule has 1 aliphatic heterocycles. The molecule has 0 saturated heterocycles. The zero-order chi connectivity index (χ0) is 18.8. The van der Waals surface area contributed by atoms with Crippen LogP contribution in [0.25, 0.3) is 0 Å². The molecule has 2 aliphatic rings. The minimum atomic E-state index is 0.175. The van der Waals surface area contributed by atoms with Crippen molar-refractivity contribution in [1.82, 2.24) is 4.90 Å². The van der Waals surface area contributed by atoms with Gasteiger partial charge in [-0.25, -0.2) is 0 Å². The molecule has 27 heavy (non-hydrogen) atoms. The molecule has 4 rings (SSSR count). The average molecular weight is 366 g/mol. The monoisotopic (exact) mass is 366 g/mol. The van der Waals surface area contributed by atoms with Crippen molar-refractivity contribution in [3.8, 4) is 11.5 Å². The van der Waals surface area contributed by atoms with E-state index in [9.17, 15) is 4.79 Å². The largest absolute Gasteiger partial charge is 0.497 e. The van der Waals surface area contributed by atoms with E-state index in [2.05, 4.69) is 11.0 Å². The van der Waals surface area contributed by atoms with Gasteiger partial charge in [0.25, 0.3) is 0 Å². The Labute approximate surface area is 160 Å². The van der Waals surface area contributed by atoms with E-state index in [1.165, 1.54) is 5.56 Å². The van der Waals surface area contributed by atoms with Gasteiger partial charge in [-0.05, 0) is 49.1 Å². The minimum absolute atomic E-state index is 0.175. The van der Waals surface area contributed by atoms with Crippen LogP contribution in [-0.4, -0.2) is 44.2 Å². The van der Waals surface area contributed by atoms with Crippen molar-refractivity contribution in [3.63, 3.8) is 0 Å². The zero-order valence-electron chi connectivity index (χ0n) is 16.0. The van der Waals surface area contributed by atoms with Crippen LogP contribution in [-0.2, 0) is 17.8 Å². The number of carbonyl (C=O) groups excluding carboxylic acids is 1. The number of rotatable bonds is 7. The first-order valence-corrected chi connectivity index (χ1v) is 9.53. The lowest BCUT2D eigenvalue weighted by molar-refractivity contribution is -0.119. The van der Waals surface area contributed by atoms with Crippen LogP contribution in [0.1, 0.15) is 24.0 Å². The predicted molar refractivity (Wildman–Crippen MR) is 105 cm³/mol. The second kappa shape index (κ2) is 7.61. The van der Waals surface area contributed by atoms with E-state index in [1.807, 2.05) is 41.3 Å². The molecule has 1 aliphatic carbocycles. The van der Waals surface area contributed by atoms with Gasteiger partial charge in [0.2, 0.25) is 5.91 Å². The molecule has 142 valence electrons. The topological polar surface area (TPSA) is 42.0 Å². The number of hydrogen-bond acceptors (Lipinski definition) is 4. The lowest BCUT2D eigenvalue weighted by Crippen LogP contribution is -2.40. The molecule has 2 aromatic carbocycles. The third-order valence-corrected chi connectivity index (χ3v) is 5.45. The number of ether oxygens (including phenoxy) is 2. The second-order valence-corrected chi connectivity index (χ2v) is 7.24. The van der Waals surface area contributed by atoms with Crippen LogP contribution in [0.5, 0.6) is 11.5 Å². The van der Waals surface area contributed by atoms with Gasteiger partial charge >= 0.3 is 0 Å². The standard InChI is InChI=1S/C22H26N2O3/c1-26-19-9-10-21(27-2)17(13-19)14-23(18-7-8-18)15-22(25)24-12-11-16-5-3-4-6-20(16)24/h3-6,9-10,13,18H,7-8,11-12,14-15H2,1-2H3. The van der Waals surface area contributed by atoms with Crippen LogP contribution < -0.4 is 14.4 Å². The van der Waals surface area contributed by atoms with Crippen molar-refractivity contribution in [3.05, 3.63) is 53.6 Å². The molecule has 2 aromatic rings. The number of fused-ring (bicyclic) bond motifs is 1. The van der Waals surface area contributed by atoms with Crippen LogP contribution in [0, 0.1) is 0 Å². The summed E-state index contributed by atoms with van der Waals surface area (Å²) in [6.45, 7) is 1.89. The van der Waals surface area contributed by atoms with E-state index in [0.29, 0.717) is 19.1 Å². The lowest BCUT2D eigenvalue weighted by Gasteiger charge is -2.26. The maximum absolute atomic E-state index is 13.0. The highest BCUT2D eigenvalue weighted by Gasteiger charge is 2.33. The molecule has 1 heterocycles. The molecule has 0 radical (unpaired) electrons. The highest BCUT2D eigenvalue weighted by atomic mass is 16.5. The number of nitrogens with zero attached hydrogens (tertiary/aromatic N) is 2. The highest BCUT2D eigenvalue weighted by molar-refractivity contribution is 5.96. The van der Waals surface area contributed by atoms with Gasteiger partial charge in [0.1, 0.15) is 11.5 Å². The Bertz CT molecular complexity index is 832. The Morgan fingerprint density at radius 1 is 1.15 bits per heavy atom. The fourth-order valence-electron chi connectivity index (χ4n) is 3.83. The SMILES string of the molecule is COc1ccc(OC)c(CN(CC(=O)N2CCc3ccccc32)C2CC2)c1. The van der Waals surface area contributed by atoms with Crippen molar-refractivity contribution in [1.29, 1.82) is 0 Å². The van der Waals surface area contributed by atoms with Crippen molar-refractivity contribution >= 4 is 11.6 Å². The smallest absolute Gasteiger partial charge is 0.241 e. The first-order chi connectivity index (χ1) is 13.2. The quantitative estimate of drug-likeness (QED) is 0.754. The summed E-state index contributed by atoms with van der Waals surface area (Å²) in [6, 6.07) is 14.5. The van der Waals surface area contributed by atoms with Crippen molar-refractivity contribution in [2.45, 2.75) is 31.8 Å². The maximum Gasteiger partial charge on any atom is 0.241 e. The van der Waals surface area contributed by atoms with E-state index in [-0.39, 0.29) is 5.91 Å². The van der Waals surface area contributed by atoms with Crippen LogP contribution in [0.4, 0.5) is 5.69 Å². The van der Waals surface area contributed by atoms with E-state index in [4.69, 9.17) is 9.47 Å². The Morgan fingerprint density at radius 2 is 1.96 bits per heavy atom. The Balaban J connectivity index is 1.50. The fraction of sp³-hybridized carbons (Fsp3) is 0.409. The fourth-order valence-corrected chi connectivity index (χ4v) is 3.83. The van der Waals surface area contributed by atoms with Gasteiger partial charge in [-0.15, -0.1) is 0 Å². The molecule has 1 saturated carbocycles. The lowest BCUT2D eigenvalue weighted by atomic mass is 10.1. The molecule has 5 nitrogen and oxygen atoms in total. The maximum atomic E-state index is 13.0. The van der Waals surface area contributed by atoms with Gasteiger partial charge in [0.15, 0.2) is 0 Å². The molecule has 1 fully saturated rings. The molecule has 0 unspecified atom stereocenters. The summed E-state index contributed by atoms with van der Waals surface area (Å²) >= 11 is 0.